The van der Waals surface area contributed by atoms with E-state index in [1.54, 1.807) is 31.2 Å². The van der Waals surface area contributed by atoms with Crippen molar-refractivity contribution in [3.8, 4) is 0 Å². The molecular formula is C32H38FN3O4S. The number of hydrogen-bond donors (Lipinski definition) is 1. The van der Waals surface area contributed by atoms with E-state index in [2.05, 4.69) is 5.32 Å². The molecule has 0 bridgehead atoms. The van der Waals surface area contributed by atoms with Gasteiger partial charge in [-0.25, -0.2) is 12.8 Å². The highest BCUT2D eigenvalue weighted by Crippen LogP contribution is 2.25. The predicted molar refractivity (Wildman–Crippen MR) is 158 cm³/mol. The zero-order chi connectivity index (χ0) is 29.4. The minimum absolute atomic E-state index is 0.0766. The van der Waals surface area contributed by atoms with Crippen LogP contribution in [0.1, 0.15) is 50.2 Å². The largest absolute Gasteiger partial charge is 0.352 e. The van der Waals surface area contributed by atoms with Gasteiger partial charge < -0.3 is 10.2 Å². The Bertz CT molecular complexity index is 1410. The van der Waals surface area contributed by atoms with Crippen LogP contribution in [0.3, 0.4) is 0 Å². The van der Waals surface area contributed by atoms with Crippen molar-refractivity contribution in [3.05, 3.63) is 95.8 Å². The van der Waals surface area contributed by atoms with Gasteiger partial charge in [-0.3, -0.25) is 13.9 Å². The predicted octanol–water partition coefficient (Wildman–Crippen LogP) is 5.24. The van der Waals surface area contributed by atoms with Crippen molar-refractivity contribution < 1.29 is 22.4 Å². The molecule has 0 saturated heterocycles. The Balaban J connectivity index is 1.63. The van der Waals surface area contributed by atoms with Crippen molar-refractivity contribution in [2.75, 3.05) is 17.4 Å². The van der Waals surface area contributed by atoms with Crippen LogP contribution < -0.4 is 9.62 Å². The molecule has 4 rings (SSSR count). The fraction of sp³-hybridized carbons (Fsp3) is 0.375. The van der Waals surface area contributed by atoms with Crippen LogP contribution >= 0.6 is 0 Å². The lowest BCUT2D eigenvalue weighted by Gasteiger charge is -2.33. The molecule has 1 N–H and O–H groups in total. The molecular weight excluding hydrogens is 541 g/mol. The van der Waals surface area contributed by atoms with E-state index in [0.717, 1.165) is 59.7 Å². The number of nitrogens with one attached hydrogen (secondary N) is 1. The van der Waals surface area contributed by atoms with Crippen molar-refractivity contribution in [3.63, 3.8) is 0 Å². The average Bonchev–Trinajstić information content (AvgIpc) is 2.97. The first-order valence-electron chi connectivity index (χ1n) is 14.1. The monoisotopic (exact) mass is 579 g/mol. The molecule has 1 saturated carbocycles. The summed E-state index contributed by atoms with van der Waals surface area (Å²) in [6.45, 7) is 3.29. The Morgan fingerprint density at radius 1 is 0.927 bits per heavy atom. The molecule has 2 amide bonds. The van der Waals surface area contributed by atoms with Crippen LogP contribution in [0.4, 0.5) is 10.1 Å². The Hall–Kier alpha value is -3.72. The molecule has 218 valence electrons. The van der Waals surface area contributed by atoms with Crippen molar-refractivity contribution >= 4 is 27.5 Å². The molecule has 9 heteroatoms. The second-order valence-electron chi connectivity index (χ2n) is 10.6. The van der Waals surface area contributed by atoms with Gasteiger partial charge in [0.25, 0.3) is 10.0 Å². The highest BCUT2D eigenvalue weighted by Gasteiger charge is 2.33. The van der Waals surface area contributed by atoms with Gasteiger partial charge in [0.1, 0.15) is 18.4 Å². The van der Waals surface area contributed by atoms with Gasteiger partial charge in [0.05, 0.1) is 10.6 Å². The fourth-order valence-corrected chi connectivity index (χ4v) is 6.53. The molecule has 7 nitrogen and oxygen atoms in total. The van der Waals surface area contributed by atoms with Gasteiger partial charge >= 0.3 is 0 Å². The number of rotatable bonds is 11. The molecule has 1 aliphatic carbocycles. The summed E-state index contributed by atoms with van der Waals surface area (Å²) in [6.07, 6.45) is 5.59. The number of carbonyl (C=O) groups is 2. The lowest BCUT2D eigenvalue weighted by Crippen LogP contribution is -2.53. The maximum Gasteiger partial charge on any atom is 0.264 e. The van der Waals surface area contributed by atoms with Crippen molar-refractivity contribution in [2.45, 2.75) is 69.4 Å². The summed E-state index contributed by atoms with van der Waals surface area (Å²) in [4.78, 5) is 28.6. The average molecular weight is 580 g/mol. The van der Waals surface area contributed by atoms with Crippen LogP contribution in [0, 0.1) is 12.7 Å². The number of halogens is 1. The lowest BCUT2D eigenvalue weighted by atomic mass is 9.95. The van der Waals surface area contributed by atoms with E-state index in [9.17, 15) is 22.4 Å². The number of benzene rings is 3. The van der Waals surface area contributed by atoms with Gasteiger partial charge in [-0.05, 0) is 75.1 Å². The van der Waals surface area contributed by atoms with E-state index in [4.69, 9.17) is 0 Å². The minimum atomic E-state index is -4.23. The molecule has 0 radical (unpaired) electrons. The number of amides is 2. The van der Waals surface area contributed by atoms with Gasteiger partial charge in [0.2, 0.25) is 11.8 Å². The summed E-state index contributed by atoms with van der Waals surface area (Å²) >= 11 is 0. The Morgan fingerprint density at radius 2 is 1.56 bits per heavy atom. The number of anilines is 1. The third-order valence-electron chi connectivity index (χ3n) is 7.61. The van der Waals surface area contributed by atoms with Crippen molar-refractivity contribution in [1.82, 2.24) is 10.2 Å². The second kappa shape index (κ2) is 13.8. The summed E-state index contributed by atoms with van der Waals surface area (Å²) in [5.41, 5.74) is 2.23. The first kappa shape index (κ1) is 30.2. The quantitative estimate of drug-likeness (QED) is 0.337. The van der Waals surface area contributed by atoms with Gasteiger partial charge in [0.15, 0.2) is 0 Å². The second-order valence-corrected chi connectivity index (χ2v) is 12.5. The molecule has 0 spiro atoms. The maximum atomic E-state index is 14.0. The van der Waals surface area contributed by atoms with Crippen LogP contribution in [-0.2, 0) is 26.0 Å². The van der Waals surface area contributed by atoms with E-state index < -0.39 is 34.3 Å². The molecule has 0 aromatic heterocycles. The van der Waals surface area contributed by atoms with Crippen LogP contribution in [0.2, 0.25) is 0 Å². The maximum absolute atomic E-state index is 14.0. The highest BCUT2D eigenvalue weighted by molar-refractivity contribution is 7.92. The summed E-state index contributed by atoms with van der Waals surface area (Å²) in [5, 5.41) is 3.10. The number of nitrogens with zero attached hydrogens (tertiary/aromatic N) is 2. The van der Waals surface area contributed by atoms with E-state index >= 15 is 0 Å². The van der Waals surface area contributed by atoms with E-state index in [0.29, 0.717) is 12.1 Å². The van der Waals surface area contributed by atoms with E-state index in [1.807, 2.05) is 37.3 Å². The number of hydrogen-bond acceptors (Lipinski definition) is 4. The Labute approximate surface area is 242 Å². The lowest BCUT2D eigenvalue weighted by molar-refractivity contribution is -0.139. The van der Waals surface area contributed by atoms with Gasteiger partial charge in [-0.15, -0.1) is 0 Å². The molecule has 0 heterocycles. The van der Waals surface area contributed by atoms with Crippen molar-refractivity contribution in [2.24, 2.45) is 0 Å². The third kappa shape index (κ3) is 7.94. The Kier molecular flexibility index (Phi) is 10.2. The normalized spacial score (nSPS) is 14.7. The summed E-state index contributed by atoms with van der Waals surface area (Å²) < 4.78 is 42.2. The van der Waals surface area contributed by atoms with E-state index in [1.165, 1.54) is 17.0 Å². The Morgan fingerprint density at radius 3 is 2.20 bits per heavy atom. The smallest absolute Gasteiger partial charge is 0.264 e. The topological polar surface area (TPSA) is 86.8 Å². The first-order valence-corrected chi connectivity index (χ1v) is 15.6. The first-order chi connectivity index (χ1) is 19.6. The zero-order valence-corrected chi connectivity index (χ0v) is 24.4. The van der Waals surface area contributed by atoms with Crippen LogP contribution in [0.5, 0.6) is 0 Å². The van der Waals surface area contributed by atoms with Gasteiger partial charge in [0, 0.05) is 12.6 Å². The SMILES string of the molecule is Cc1ccc(N(CC(=O)N(CCc2ccccc2)[C@@H](C)C(=O)NC2CCCCC2)S(=O)(=O)c2ccc(F)cc2)cc1. The summed E-state index contributed by atoms with van der Waals surface area (Å²) in [7, 11) is -4.23. The molecule has 3 aromatic rings. The number of sulfonamides is 1. The summed E-state index contributed by atoms with van der Waals surface area (Å²) in [5.74, 6) is -1.31. The molecule has 0 unspecified atom stereocenters. The van der Waals surface area contributed by atoms with Crippen molar-refractivity contribution in [1.29, 1.82) is 0 Å². The van der Waals surface area contributed by atoms with E-state index in [-0.39, 0.29) is 23.4 Å². The molecule has 1 atom stereocenters. The third-order valence-corrected chi connectivity index (χ3v) is 9.39. The van der Waals surface area contributed by atoms with Crippen LogP contribution in [0.25, 0.3) is 0 Å². The minimum Gasteiger partial charge on any atom is -0.352 e. The molecule has 1 fully saturated rings. The molecule has 3 aromatic carbocycles. The van der Waals surface area contributed by atoms with Crippen LogP contribution in [0.15, 0.2) is 83.8 Å². The van der Waals surface area contributed by atoms with Crippen LogP contribution in [-0.4, -0.2) is 50.3 Å². The molecule has 1 aliphatic rings. The van der Waals surface area contributed by atoms with Gasteiger partial charge in [-0.1, -0.05) is 67.3 Å². The fourth-order valence-electron chi connectivity index (χ4n) is 5.11. The molecule has 41 heavy (non-hydrogen) atoms. The zero-order valence-electron chi connectivity index (χ0n) is 23.6. The molecule has 0 aliphatic heterocycles. The van der Waals surface area contributed by atoms with Gasteiger partial charge in [-0.2, -0.15) is 0 Å². The summed E-state index contributed by atoms with van der Waals surface area (Å²) in [6, 6.07) is 20.2. The standard InChI is InChI=1S/C32H38FN3O4S/c1-24-13-17-29(18-14-24)36(41(39,40)30-19-15-27(33)16-20-30)23-31(37)35(22-21-26-9-5-3-6-10-26)25(2)32(38)34-28-11-7-4-8-12-28/h3,5-6,9-10,13-20,25,28H,4,7-8,11-12,21-23H2,1-2H3,(H,34,38)/t25-/m0/s1. The highest BCUT2D eigenvalue weighted by atomic mass is 32.2. The number of carbonyl (C=O) groups excluding carboxylic acids is 2. The number of aryl methyl sites for hydroxylation is 1.